The lowest BCUT2D eigenvalue weighted by atomic mass is 9.79. The molecule has 2 aliphatic carbocycles. The molecule has 5 rings (SSSR count). The van der Waals surface area contributed by atoms with Gasteiger partial charge in [-0.25, -0.2) is 4.79 Å². The monoisotopic (exact) mass is 510 g/mol. The molecular weight excluding hydrogens is 472 g/mol. The maximum absolute atomic E-state index is 13.2. The Balaban J connectivity index is 1.05. The van der Waals surface area contributed by atoms with Gasteiger partial charge in [0.1, 0.15) is 6.04 Å². The first-order valence-electron chi connectivity index (χ1n) is 13.7. The van der Waals surface area contributed by atoms with Gasteiger partial charge in [0.2, 0.25) is 0 Å². The number of amides is 1. The van der Waals surface area contributed by atoms with Gasteiger partial charge in [-0.1, -0.05) is 6.07 Å². The van der Waals surface area contributed by atoms with Crippen molar-refractivity contribution in [1.29, 1.82) is 0 Å². The lowest BCUT2D eigenvalue weighted by Crippen LogP contribution is -2.51. The highest BCUT2D eigenvalue weighted by atomic mass is 16.5. The molecule has 0 bridgehead atoms. The number of aromatic nitrogens is 3. The van der Waals surface area contributed by atoms with Gasteiger partial charge in [0.05, 0.1) is 12.3 Å². The SMILES string of the molecule is Cn1cc(C2(C(=O)NC(CCOC3CC(CCc4ccc5c(n4)CCCC5)C3)C(=O)O)CCCO2)cn1. The van der Waals surface area contributed by atoms with Gasteiger partial charge < -0.3 is 19.9 Å². The highest BCUT2D eigenvalue weighted by Crippen LogP contribution is 2.37. The van der Waals surface area contributed by atoms with E-state index in [0.717, 1.165) is 44.9 Å². The first-order chi connectivity index (χ1) is 17.9. The number of hydrogen-bond acceptors (Lipinski definition) is 6. The predicted molar refractivity (Wildman–Crippen MR) is 136 cm³/mol. The number of ether oxygens (including phenoxy) is 2. The molecule has 0 spiro atoms. The molecule has 2 unspecified atom stereocenters. The molecule has 2 N–H and O–H groups in total. The van der Waals surface area contributed by atoms with Crippen molar-refractivity contribution in [2.24, 2.45) is 13.0 Å². The van der Waals surface area contributed by atoms with Gasteiger partial charge >= 0.3 is 5.97 Å². The average Bonchev–Trinajstić information content (AvgIpc) is 3.54. The molecule has 3 aliphatic rings. The molecule has 0 aromatic carbocycles. The number of aryl methyl sites for hydroxylation is 4. The van der Waals surface area contributed by atoms with E-state index in [-0.39, 0.29) is 12.5 Å². The Hall–Kier alpha value is -2.78. The third-order valence-corrected chi connectivity index (χ3v) is 8.16. The number of carbonyl (C=O) groups is 2. The predicted octanol–water partition coefficient (Wildman–Crippen LogP) is 3.09. The second-order valence-corrected chi connectivity index (χ2v) is 10.8. The van der Waals surface area contributed by atoms with Gasteiger partial charge in [0.15, 0.2) is 5.60 Å². The minimum atomic E-state index is -1.18. The number of pyridine rings is 1. The Morgan fingerprint density at radius 3 is 2.84 bits per heavy atom. The number of nitrogens with one attached hydrogen (secondary N) is 1. The highest BCUT2D eigenvalue weighted by Gasteiger charge is 2.46. The molecule has 3 heterocycles. The maximum atomic E-state index is 13.2. The molecule has 9 nitrogen and oxygen atoms in total. The van der Waals surface area contributed by atoms with Crippen LogP contribution in [0.4, 0.5) is 0 Å². The van der Waals surface area contributed by atoms with Gasteiger partial charge in [0, 0.05) is 49.8 Å². The molecular formula is C28H38N4O5. The van der Waals surface area contributed by atoms with Crippen molar-refractivity contribution in [1.82, 2.24) is 20.1 Å². The van der Waals surface area contributed by atoms with Gasteiger partial charge in [-0.3, -0.25) is 14.5 Å². The summed E-state index contributed by atoms with van der Waals surface area (Å²) in [6.45, 7) is 0.746. The van der Waals surface area contributed by atoms with Crippen LogP contribution in [-0.4, -0.2) is 57.1 Å². The Kier molecular flexibility index (Phi) is 7.90. The van der Waals surface area contributed by atoms with Crippen LogP contribution in [0, 0.1) is 5.92 Å². The van der Waals surface area contributed by atoms with Crippen molar-refractivity contribution < 1.29 is 24.2 Å². The van der Waals surface area contributed by atoms with Crippen LogP contribution in [0.25, 0.3) is 0 Å². The first kappa shape index (κ1) is 25.9. The zero-order valence-corrected chi connectivity index (χ0v) is 21.7. The molecule has 2 fully saturated rings. The Morgan fingerprint density at radius 2 is 2.11 bits per heavy atom. The lowest BCUT2D eigenvalue weighted by molar-refractivity contribution is -0.150. The van der Waals surface area contributed by atoms with E-state index in [0.29, 0.717) is 31.1 Å². The third kappa shape index (κ3) is 5.88. The van der Waals surface area contributed by atoms with Crippen LogP contribution >= 0.6 is 0 Å². The normalized spacial score (nSPS) is 25.8. The fourth-order valence-corrected chi connectivity index (χ4v) is 5.86. The summed E-state index contributed by atoms with van der Waals surface area (Å²) >= 11 is 0. The summed E-state index contributed by atoms with van der Waals surface area (Å²) in [7, 11) is 1.78. The van der Waals surface area contributed by atoms with E-state index in [2.05, 4.69) is 22.5 Å². The van der Waals surface area contributed by atoms with E-state index < -0.39 is 23.5 Å². The average molecular weight is 511 g/mol. The number of carboxylic acid groups (broad SMARTS) is 1. The van der Waals surface area contributed by atoms with Crippen molar-refractivity contribution in [2.75, 3.05) is 13.2 Å². The summed E-state index contributed by atoms with van der Waals surface area (Å²) in [6, 6.07) is 3.42. The fraction of sp³-hybridized carbons (Fsp3) is 0.643. The van der Waals surface area contributed by atoms with Crippen molar-refractivity contribution in [3.05, 3.63) is 47.0 Å². The summed E-state index contributed by atoms with van der Waals surface area (Å²) in [5, 5.41) is 16.6. The molecule has 9 heteroatoms. The fourth-order valence-electron chi connectivity index (χ4n) is 5.86. The maximum Gasteiger partial charge on any atom is 0.326 e. The number of hydrogen-bond donors (Lipinski definition) is 2. The number of carboxylic acids is 1. The second-order valence-electron chi connectivity index (χ2n) is 10.8. The van der Waals surface area contributed by atoms with E-state index in [9.17, 15) is 14.7 Å². The number of fused-ring (bicyclic) bond motifs is 1. The van der Waals surface area contributed by atoms with Crippen molar-refractivity contribution >= 4 is 11.9 Å². The first-order valence-corrected chi connectivity index (χ1v) is 13.7. The molecule has 0 radical (unpaired) electrons. The summed E-state index contributed by atoms with van der Waals surface area (Å²) in [6.07, 6.45) is 13.8. The van der Waals surface area contributed by atoms with Gasteiger partial charge in [-0.2, -0.15) is 5.10 Å². The quantitative estimate of drug-likeness (QED) is 0.477. The van der Waals surface area contributed by atoms with Crippen LogP contribution in [0.2, 0.25) is 0 Å². The Labute approximate surface area is 217 Å². The van der Waals surface area contributed by atoms with Crippen LogP contribution in [0.3, 0.4) is 0 Å². The number of carbonyl (C=O) groups excluding carboxylic acids is 1. The Bertz CT molecular complexity index is 1100. The topological polar surface area (TPSA) is 116 Å². The minimum absolute atomic E-state index is 0.159. The number of rotatable bonds is 11. The molecule has 2 aromatic rings. The van der Waals surface area contributed by atoms with Crippen molar-refractivity contribution in [2.45, 2.75) is 88.4 Å². The number of aliphatic carboxylic acids is 1. The van der Waals surface area contributed by atoms with Gasteiger partial charge in [-0.05, 0) is 81.8 Å². The van der Waals surface area contributed by atoms with E-state index in [1.165, 1.54) is 29.8 Å². The van der Waals surface area contributed by atoms with Crippen molar-refractivity contribution in [3.63, 3.8) is 0 Å². The summed E-state index contributed by atoms with van der Waals surface area (Å²) in [4.78, 5) is 30.0. The van der Waals surface area contributed by atoms with E-state index in [1.54, 1.807) is 24.1 Å². The van der Waals surface area contributed by atoms with Crippen LogP contribution in [-0.2, 0) is 51.0 Å². The molecule has 2 atom stereocenters. The Morgan fingerprint density at radius 1 is 1.27 bits per heavy atom. The second kappa shape index (κ2) is 11.3. The zero-order valence-electron chi connectivity index (χ0n) is 21.7. The highest BCUT2D eigenvalue weighted by molar-refractivity contribution is 5.90. The molecule has 2 aromatic heterocycles. The van der Waals surface area contributed by atoms with Gasteiger partial charge in [0.25, 0.3) is 5.91 Å². The zero-order chi connectivity index (χ0) is 25.8. The van der Waals surface area contributed by atoms with Crippen LogP contribution in [0.5, 0.6) is 0 Å². The molecule has 1 amide bonds. The van der Waals surface area contributed by atoms with E-state index >= 15 is 0 Å². The standard InChI is InChI=1S/C28H38N4O5/c1-32-18-21(17-29-32)28(12-4-13-37-28)27(35)31-25(26(33)34)11-14-36-23-15-19(16-23)7-9-22-10-8-20-5-2-3-6-24(20)30-22/h8,10,17-19,23,25H,2-7,9,11-16H2,1H3,(H,31,35)(H,33,34). The molecule has 1 saturated heterocycles. The molecule has 200 valence electrons. The van der Waals surface area contributed by atoms with E-state index in [4.69, 9.17) is 14.5 Å². The summed E-state index contributed by atoms with van der Waals surface area (Å²) < 4.78 is 13.4. The van der Waals surface area contributed by atoms with Crippen LogP contribution < -0.4 is 5.32 Å². The lowest BCUT2D eigenvalue weighted by Gasteiger charge is -2.35. The summed E-state index contributed by atoms with van der Waals surface area (Å²) in [5.41, 5.74) is 3.38. The largest absolute Gasteiger partial charge is 0.480 e. The third-order valence-electron chi connectivity index (χ3n) is 8.16. The van der Waals surface area contributed by atoms with Crippen molar-refractivity contribution in [3.8, 4) is 0 Å². The van der Waals surface area contributed by atoms with Crippen LogP contribution in [0.1, 0.15) is 73.9 Å². The van der Waals surface area contributed by atoms with Crippen LogP contribution in [0.15, 0.2) is 24.5 Å². The number of nitrogens with zero attached hydrogens (tertiary/aromatic N) is 3. The molecule has 1 aliphatic heterocycles. The van der Waals surface area contributed by atoms with E-state index in [1.807, 2.05) is 0 Å². The summed E-state index contributed by atoms with van der Waals surface area (Å²) in [5.74, 6) is -0.873. The minimum Gasteiger partial charge on any atom is -0.480 e. The van der Waals surface area contributed by atoms with Gasteiger partial charge in [-0.15, -0.1) is 0 Å². The smallest absolute Gasteiger partial charge is 0.326 e. The molecule has 1 saturated carbocycles. The molecule has 37 heavy (non-hydrogen) atoms.